The summed E-state index contributed by atoms with van der Waals surface area (Å²) in [5, 5.41) is 0.934. The number of fused-ring (bicyclic) bond motifs is 1. The summed E-state index contributed by atoms with van der Waals surface area (Å²) >= 11 is 1.53. The highest BCUT2D eigenvalue weighted by atomic mass is 32.1. The van der Waals surface area contributed by atoms with E-state index in [1.807, 2.05) is 0 Å². The van der Waals surface area contributed by atoms with Gasteiger partial charge in [-0.25, -0.2) is 9.37 Å². The van der Waals surface area contributed by atoms with E-state index in [1.54, 1.807) is 12.1 Å². The first kappa shape index (κ1) is 19.6. The molecule has 6 heteroatoms. The molecule has 2 aliphatic rings. The lowest BCUT2D eigenvalue weighted by Gasteiger charge is -2.37. The van der Waals surface area contributed by atoms with E-state index >= 15 is 0 Å². The molecule has 1 aliphatic heterocycles. The molecule has 4 rings (SSSR count). The van der Waals surface area contributed by atoms with Crippen molar-refractivity contribution >= 4 is 32.6 Å². The number of aromatic nitrogens is 1. The molecule has 0 unspecified atom stereocenters. The Kier molecular flexibility index (Phi) is 6.14. The molecule has 0 N–H and O–H groups in total. The van der Waals surface area contributed by atoms with E-state index < -0.39 is 0 Å². The summed E-state index contributed by atoms with van der Waals surface area (Å²) in [6.07, 6.45) is 8.50. The minimum absolute atomic E-state index is 0.220. The van der Waals surface area contributed by atoms with E-state index in [0.717, 1.165) is 60.3 Å². The minimum Gasteiger partial charge on any atom is -0.345 e. The smallest absolute Gasteiger partial charge is 0.225 e. The van der Waals surface area contributed by atoms with Crippen LogP contribution < -0.4 is 4.90 Å². The standard InChI is InChI=1S/C22H30FN3OS/c1-2-3-4-16-5-7-17(8-6-16)21(27)25-11-13-26(14-12-25)22-24-19-10-9-18(23)15-20(19)28-22/h9-10,15-17H,2-8,11-14H2,1H3. The summed E-state index contributed by atoms with van der Waals surface area (Å²) < 4.78 is 14.3. The molecule has 2 fully saturated rings. The van der Waals surface area contributed by atoms with Crippen LogP contribution in [0.15, 0.2) is 18.2 Å². The van der Waals surface area contributed by atoms with Gasteiger partial charge < -0.3 is 9.80 Å². The predicted molar refractivity (Wildman–Crippen MR) is 113 cm³/mol. The van der Waals surface area contributed by atoms with Crippen LogP contribution in [-0.2, 0) is 4.79 Å². The molecule has 0 atom stereocenters. The Labute approximate surface area is 170 Å². The van der Waals surface area contributed by atoms with Crippen molar-refractivity contribution in [3.05, 3.63) is 24.0 Å². The van der Waals surface area contributed by atoms with E-state index in [-0.39, 0.29) is 11.7 Å². The SMILES string of the molecule is CCCCC1CCC(C(=O)N2CCN(c3nc4ccc(F)cc4s3)CC2)CC1. The highest BCUT2D eigenvalue weighted by Crippen LogP contribution is 2.34. The Morgan fingerprint density at radius 2 is 1.93 bits per heavy atom. The van der Waals surface area contributed by atoms with Crippen LogP contribution in [-0.4, -0.2) is 42.0 Å². The number of benzene rings is 1. The lowest BCUT2D eigenvalue weighted by atomic mass is 9.79. The lowest BCUT2D eigenvalue weighted by Crippen LogP contribution is -2.50. The molecular formula is C22H30FN3OS. The maximum Gasteiger partial charge on any atom is 0.225 e. The van der Waals surface area contributed by atoms with Crippen molar-refractivity contribution in [2.45, 2.75) is 51.9 Å². The Morgan fingerprint density at radius 1 is 1.18 bits per heavy atom. The van der Waals surface area contributed by atoms with E-state index in [9.17, 15) is 9.18 Å². The average Bonchev–Trinajstić information content (AvgIpc) is 3.15. The minimum atomic E-state index is -0.220. The molecule has 1 aromatic carbocycles. The fourth-order valence-corrected chi connectivity index (χ4v) is 5.63. The number of rotatable bonds is 5. The molecule has 4 nitrogen and oxygen atoms in total. The van der Waals surface area contributed by atoms with Gasteiger partial charge in [-0.15, -0.1) is 0 Å². The zero-order chi connectivity index (χ0) is 19.5. The molecule has 1 saturated carbocycles. The summed E-state index contributed by atoms with van der Waals surface area (Å²) in [5.41, 5.74) is 0.847. The number of amides is 1. The molecule has 0 spiro atoms. The molecule has 0 bridgehead atoms. The summed E-state index contributed by atoms with van der Waals surface area (Å²) in [5.74, 6) is 1.21. The van der Waals surface area contributed by atoms with Crippen molar-refractivity contribution in [3.63, 3.8) is 0 Å². The Morgan fingerprint density at radius 3 is 2.64 bits per heavy atom. The third-order valence-electron chi connectivity index (χ3n) is 6.36. The number of piperazine rings is 1. The normalized spacial score (nSPS) is 23.4. The molecule has 1 saturated heterocycles. The summed E-state index contributed by atoms with van der Waals surface area (Å²) in [6, 6.07) is 4.74. The monoisotopic (exact) mass is 403 g/mol. The van der Waals surface area contributed by atoms with Gasteiger partial charge in [0, 0.05) is 32.1 Å². The van der Waals surface area contributed by atoms with E-state index in [0.29, 0.717) is 5.91 Å². The number of carbonyl (C=O) groups excluding carboxylic acids is 1. The maximum atomic E-state index is 13.4. The van der Waals surface area contributed by atoms with Crippen molar-refractivity contribution in [1.29, 1.82) is 0 Å². The molecule has 0 radical (unpaired) electrons. The van der Waals surface area contributed by atoms with Crippen molar-refractivity contribution < 1.29 is 9.18 Å². The van der Waals surface area contributed by atoms with Gasteiger partial charge in [0.1, 0.15) is 5.82 Å². The first-order chi connectivity index (χ1) is 13.6. The summed E-state index contributed by atoms with van der Waals surface area (Å²) in [4.78, 5) is 21.9. The third kappa shape index (κ3) is 4.32. The van der Waals surface area contributed by atoms with Crippen molar-refractivity contribution in [2.75, 3.05) is 31.1 Å². The first-order valence-corrected chi connectivity index (χ1v) is 11.6. The van der Waals surface area contributed by atoms with Crippen LogP contribution in [0.3, 0.4) is 0 Å². The van der Waals surface area contributed by atoms with Gasteiger partial charge >= 0.3 is 0 Å². The van der Waals surface area contributed by atoms with Crippen LogP contribution in [0.5, 0.6) is 0 Å². The fraction of sp³-hybridized carbons (Fsp3) is 0.636. The van der Waals surface area contributed by atoms with E-state index in [1.165, 1.54) is 49.5 Å². The maximum absolute atomic E-state index is 13.4. The van der Waals surface area contributed by atoms with Crippen LogP contribution in [0.2, 0.25) is 0 Å². The number of halogens is 1. The summed E-state index contributed by atoms with van der Waals surface area (Å²) in [6.45, 7) is 5.39. The molecule has 2 aromatic rings. The molecule has 1 amide bonds. The zero-order valence-corrected chi connectivity index (χ0v) is 17.5. The fourth-order valence-electron chi connectivity index (χ4n) is 4.59. The molecular weight excluding hydrogens is 373 g/mol. The zero-order valence-electron chi connectivity index (χ0n) is 16.7. The first-order valence-electron chi connectivity index (χ1n) is 10.7. The van der Waals surface area contributed by atoms with Crippen molar-refractivity contribution in [2.24, 2.45) is 11.8 Å². The highest BCUT2D eigenvalue weighted by Gasteiger charge is 2.31. The van der Waals surface area contributed by atoms with Gasteiger partial charge in [0.05, 0.1) is 10.2 Å². The summed E-state index contributed by atoms with van der Waals surface area (Å²) in [7, 11) is 0. The van der Waals surface area contributed by atoms with E-state index in [4.69, 9.17) is 0 Å². The lowest BCUT2D eigenvalue weighted by molar-refractivity contribution is -0.137. The topological polar surface area (TPSA) is 36.4 Å². The number of unbranched alkanes of at least 4 members (excludes halogenated alkanes) is 1. The number of thiazole rings is 1. The third-order valence-corrected chi connectivity index (χ3v) is 7.44. The Hall–Kier alpha value is -1.69. The number of hydrogen-bond acceptors (Lipinski definition) is 4. The second kappa shape index (κ2) is 8.76. The van der Waals surface area contributed by atoms with Crippen molar-refractivity contribution in [1.82, 2.24) is 9.88 Å². The van der Waals surface area contributed by atoms with E-state index in [2.05, 4.69) is 21.7 Å². The molecule has 152 valence electrons. The molecule has 28 heavy (non-hydrogen) atoms. The molecule has 1 aliphatic carbocycles. The quantitative estimate of drug-likeness (QED) is 0.698. The van der Waals surface area contributed by atoms with Crippen LogP contribution in [0.4, 0.5) is 9.52 Å². The van der Waals surface area contributed by atoms with Gasteiger partial charge in [0.2, 0.25) is 5.91 Å². The van der Waals surface area contributed by atoms with Crippen molar-refractivity contribution in [3.8, 4) is 0 Å². The Bertz CT molecular complexity index is 807. The molecule has 2 heterocycles. The number of anilines is 1. The second-order valence-electron chi connectivity index (χ2n) is 8.28. The highest BCUT2D eigenvalue weighted by molar-refractivity contribution is 7.22. The van der Waals surface area contributed by atoms with Gasteiger partial charge in [-0.05, 0) is 49.8 Å². The predicted octanol–water partition coefficient (Wildman–Crippen LogP) is 5.08. The van der Waals surface area contributed by atoms with Crippen LogP contribution in [0.1, 0.15) is 51.9 Å². The van der Waals surface area contributed by atoms with Gasteiger partial charge in [0.15, 0.2) is 5.13 Å². The second-order valence-corrected chi connectivity index (χ2v) is 9.29. The number of carbonyl (C=O) groups is 1. The Balaban J connectivity index is 1.29. The van der Waals surface area contributed by atoms with Crippen LogP contribution >= 0.6 is 11.3 Å². The van der Waals surface area contributed by atoms with Crippen LogP contribution in [0.25, 0.3) is 10.2 Å². The molecule has 1 aromatic heterocycles. The van der Waals surface area contributed by atoms with Gasteiger partial charge in [-0.2, -0.15) is 0 Å². The largest absolute Gasteiger partial charge is 0.345 e. The van der Waals surface area contributed by atoms with Gasteiger partial charge in [-0.3, -0.25) is 4.79 Å². The number of hydrogen-bond donors (Lipinski definition) is 0. The van der Waals surface area contributed by atoms with Crippen LogP contribution in [0, 0.1) is 17.7 Å². The van der Waals surface area contributed by atoms with Gasteiger partial charge in [-0.1, -0.05) is 37.5 Å². The average molecular weight is 404 g/mol. The van der Waals surface area contributed by atoms with Gasteiger partial charge in [0.25, 0.3) is 0 Å². The number of nitrogens with zero attached hydrogens (tertiary/aromatic N) is 3.